The van der Waals surface area contributed by atoms with E-state index in [2.05, 4.69) is 10.6 Å². The van der Waals surface area contributed by atoms with Gasteiger partial charge in [0.25, 0.3) is 0 Å². The molecule has 0 aromatic heterocycles. The minimum Gasteiger partial charge on any atom is -0.493 e. The van der Waals surface area contributed by atoms with Crippen LogP contribution in [0.3, 0.4) is 0 Å². The number of benzene rings is 2. The van der Waals surface area contributed by atoms with Gasteiger partial charge in [-0.05, 0) is 35.4 Å². The maximum Gasteiger partial charge on any atom is 0.321 e. The number of fused-ring (bicyclic) bond motifs is 2. The molecular formula is C20H19N3O5. The van der Waals surface area contributed by atoms with Crippen molar-refractivity contribution in [2.75, 3.05) is 37.2 Å². The molecule has 3 aliphatic heterocycles. The summed E-state index contributed by atoms with van der Waals surface area (Å²) >= 11 is 0. The Morgan fingerprint density at radius 1 is 1.18 bits per heavy atom. The number of rotatable bonds is 3. The van der Waals surface area contributed by atoms with Crippen LogP contribution in [0.5, 0.6) is 17.2 Å². The standard InChI is InChI=1S/C20H19N3O5/c1-26-16-6-11(7-17-19(16)28-10-27-17)14-9-18(24)22-15-8-12(2-3-13(14)15)23-5-4-21-20(23)25/h2-3,6-8,14H,4-5,9-10H2,1H3,(H,21,25)(H,22,24). The molecule has 2 aromatic rings. The summed E-state index contributed by atoms with van der Waals surface area (Å²) in [7, 11) is 1.58. The first-order valence-electron chi connectivity index (χ1n) is 9.11. The first-order chi connectivity index (χ1) is 13.6. The quantitative estimate of drug-likeness (QED) is 0.852. The molecule has 1 saturated heterocycles. The van der Waals surface area contributed by atoms with Crippen molar-refractivity contribution in [1.29, 1.82) is 0 Å². The zero-order valence-electron chi connectivity index (χ0n) is 15.3. The van der Waals surface area contributed by atoms with Crippen LogP contribution in [0.4, 0.5) is 16.2 Å². The molecule has 8 heteroatoms. The first kappa shape index (κ1) is 16.7. The van der Waals surface area contributed by atoms with Crippen molar-refractivity contribution in [2.45, 2.75) is 12.3 Å². The van der Waals surface area contributed by atoms with Crippen molar-refractivity contribution in [3.63, 3.8) is 0 Å². The molecule has 5 rings (SSSR count). The van der Waals surface area contributed by atoms with Crippen molar-refractivity contribution in [2.24, 2.45) is 0 Å². The number of amides is 3. The van der Waals surface area contributed by atoms with Crippen molar-refractivity contribution in [1.82, 2.24) is 5.32 Å². The normalized spacial score (nSPS) is 19.9. The van der Waals surface area contributed by atoms with Gasteiger partial charge in [-0.15, -0.1) is 0 Å². The zero-order valence-corrected chi connectivity index (χ0v) is 15.3. The molecule has 0 saturated carbocycles. The summed E-state index contributed by atoms with van der Waals surface area (Å²) < 4.78 is 16.4. The predicted octanol–water partition coefficient (Wildman–Crippen LogP) is 2.43. The summed E-state index contributed by atoms with van der Waals surface area (Å²) in [4.78, 5) is 26.0. The SMILES string of the molecule is COc1cc(C2CC(=O)Nc3cc(N4CCNC4=O)ccc32)cc2c1OCO2. The number of hydrogen-bond acceptors (Lipinski definition) is 5. The molecule has 0 aliphatic carbocycles. The Kier molecular flexibility index (Phi) is 3.78. The van der Waals surface area contributed by atoms with Gasteiger partial charge in [-0.1, -0.05) is 6.07 Å². The second-order valence-corrected chi connectivity index (χ2v) is 6.92. The second kappa shape index (κ2) is 6.33. The van der Waals surface area contributed by atoms with Gasteiger partial charge >= 0.3 is 6.03 Å². The highest BCUT2D eigenvalue weighted by Crippen LogP contribution is 2.47. The van der Waals surface area contributed by atoms with Crippen LogP contribution in [-0.4, -0.2) is 38.9 Å². The highest BCUT2D eigenvalue weighted by molar-refractivity contribution is 5.98. The van der Waals surface area contributed by atoms with Crippen molar-refractivity contribution in [3.8, 4) is 17.2 Å². The van der Waals surface area contributed by atoms with Gasteiger partial charge in [-0.3, -0.25) is 9.69 Å². The number of methoxy groups -OCH3 is 1. The number of hydrogen-bond donors (Lipinski definition) is 2. The van der Waals surface area contributed by atoms with Crippen molar-refractivity contribution >= 4 is 23.3 Å². The molecule has 144 valence electrons. The fourth-order valence-electron chi connectivity index (χ4n) is 3.99. The lowest BCUT2D eigenvalue weighted by Crippen LogP contribution is -2.28. The van der Waals surface area contributed by atoms with E-state index < -0.39 is 0 Å². The number of ether oxygens (including phenoxy) is 3. The molecule has 0 spiro atoms. The third-order valence-electron chi connectivity index (χ3n) is 5.33. The lowest BCUT2D eigenvalue weighted by Gasteiger charge is -2.28. The van der Waals surface area contributed by atoms with Crippen molar-refractivity contribution in [3.05, 3.63) is 41.5 Å². The topological polar surface area (TPSA) is 89.1 Å². The monoisotopic (exact) mass is 381 g/mol. The Morgan fingerprint density at radius 3 is 2.86 bits per heavy atom. The van der Waals surface area contributed by atoms with E-state index in [1.54, 1.807) is 12.0 Å². The molecule has 0 radical (unpaired) electrons. The lowest BCUT2D eigenvalue weighted by molar-refractivity contribution is -0.116. The van der Waals surface area contributed by atoms with E-state index in [9.17, 15) is 9.59 Å². The van der Waals surface area contributed by atoms with Crippen LogP contribution in [0.25, 0.3) is 0 Å². The summed E-state index contributed by atoms with van der Waals surface area (Å²) in [6.07, 6.45) is 0.319. The average molecular weight is 381 g/mol. The van der Waals surface area contributed by atoms with Crippen LogP contribution in [0.15, 0.2) is 30.3 Å². The van der Waals surface area contributed by atoms with Gasteiger partial charge in [0.05, 0.1) is 7.11 Å². The molecule has 8 nitrogen and oxygen atoms in total. The summed E-state index contributed by atoms with van der Waals surface area (Å²) in [5.41, 5.74) is 3.39. The largest absolute Gasteiger partial charge is 0.493 e. The smallest absolute Gasteiger partial charge is 0.321 e. The Bertz CT molecular complexity index is 990. The predicted molar refractivity (Wildman–Crippen MR) is 101 cm³/mol. The number of nitrogens with one attached hydrogen (secondary N) is 2. The number of carbonyl (C=O) groups is 2. The van der Waals surface area contributed by atoms with Gasteiger partial charge in [0.2, 0.25) is 18.4 Å². The second-order valence-electron chi connectivity index (χ2n) is 6.92. The summed E-state index contributed by atoms with van der Waals surface area (Å²) in [6, 6.07) is 9.41. The molecule has 28 heavy (non-hydrogen) atoms. The highest BCUT2D eigenvalue weighted by atomic mass is 16.7. The molecular weight excluding hydrogens is 362 g/mol. The number of anilines is 2. The molecule has 1 atom stereocenters. The van der Waals surface area contributed by atoms with Gasteiger partial charge in [0.15, 0.2) is 11.5 Å². The molecule has 1 unspecified atom stereocenters. The molecule has 3 heterocycles. The van der Waals surface area contributed by atoms with E-state index in [1.165, 1.54) is 0 Å². The minimum absolute atomic E-state index is 0.0721. The fourth-order valence-corrected chi connectivity index (χ4v) is 3.99. The van der Waals surface area contributed by atoms with Gasteiger partial charge in [-0.25, -0.2) is 4.79 Å². The first-order valence-corrected chi connectivity index (χ1v) is 9.11. The van der Waals surface area contributed by atoms with E-state index in [4.69, 9.17) is 14.2 Å². The van der Waals surface area contributed by atoms with Crippen LogP contribution >= 0.6 is 0 Å². The molecule has 3 aliphatic rings. The van der Waals surface area contributed by atoms with Crippen LogP contribution < -0.4 is 29.7 Å². The molecule has 3 amide bonds. The van der Waals surface area contributed by atoms with E-state index >= 15 is 0 Å². The fraction of sp³-hybridized carbons (Fsp3) is 0.300. The Hall–Kier alpha value is -3.42. The minimum atomic E-state index is -0.145. The van der Waals surface area contributed by atoms with Gasteiger partial charge < -0.3 is 24.8 Å². The zero-order chi connectivity index (χ0) is 19.3. The molecule has 0 bridgehead atoms. The maximum absolute atomic E-state index is 12.4. The third-order valence-corrected chi connectivity index (χ3v) is 5.33. The third kappa shape index (κ3) is 2.60. The summed E-state index contributed by atoms with van der Waals surface area (Å²) in [5.74, 6) is 1.57. The average Bonchev–Trinajstić information content (AvgIpc) is 3.34. The number of urea groups is 1. The van der Waals surface area contributed by atoms with Crippen LogP contribution in [0.1, 0.15) is 23.5 Å². The van der Waals surface area contributed by atoms with Crippen molar-refractivity contribution < 1.29 is 23.8 Å². The highest BCUT2D eigenvalue weighted by Gasteiger charge is 2.31. The maximum atomic E-state index is 12.4. The molecule has 2 N–H and O–H groups in total. The van der Waals surface area contributed by atoms with E-state index in [0.717, 1.165) is 22.5 Å². The van der Waals surface area contributed by atoms with E-state index in [0.29, 0.717) is 36.8 Å². The lowest BCUT2D eigenvalue weighted by atomic mass is 9.84. The Labute approximate surface area is 161 Å². The van der Waals surface area contributed by atoms with Gasteiger partial charge in [0, 0.05) is 36.8 Å². The summed E-state index contributed by atoms with van der Waals surface area (Å²) in [6.45, 7) is 1.37. The van der Waals surface area contributed by atoms with Gasteiger partial charge in [0.1, 0.15) is 0 Å². The van der Waals surface area contributed by atoms with Crippen LogP contribution in [0.2, 0.25) is 0 Å². The Morgan fingerprint density at radius 2 is 2.07 bits per heavy atom. The number of carbonyl (C=O) groups excluding carboxylic acids is 2. The molecule has 2 aromatic carbocycles. The molecule has 1 fully saturated rings. The summed E-state index contributed by atoms with van der Waals surface area (Å²) in [5, 5.41) is 5.72. The van der Waals surface area contributed by atoms with E-state index in [1.807, 2.05) is 30.3 Å². The van der Waals surface area contributed by atoms with Crippen LogP contribution in [-0.2, 0) is 4.79 Å². The number of nitrogens with zero attached hydrogens (tertiary/aromatic N) is 1. The van der Waals surface area contributed by atoms with Gasteiger partial charge in [-0.2, -0.15) is 0 Å². The van der Waals surface area contributed by atoms with Crippen LogP contribution in [0, 0.1) is 0 Å². The Balaban J connectivity index is 1.56. The van der Waals surface area contributed by atoms with E-state index in [-0.39, 0.29) is 24.6 Å².